The van der Waals surface area contributed by atoms with Crippen molar-refractivity contribution >= 4 is 5.82 Å². The molecule has 1 aromatic heterocycles. The summed E-state index contributed by atoms with van der Waals surface area (Å²) in [7, 11) is 2.08. The van der Waals surface area contributed by atoms with E-state index < -0.39 is 0 Å². The van der Waals surface area contributed by atoms with Gasteiger partial charge in [0.2, 0.25) is 0 Å². The van der Waals surface area contributed by atoms with Crippen LogP contribution in [0.4, 0.5) is 5.82 Å². The lowest BCUT2D eigenvalue weighted by Gasteiger charge is -2.28. The fourth-order valence-corrected chi connectivity index (χ4v) is 1.56. The molecule has 1 rings (SSSR count). The maximum Gasteiger partial charge on any atom is 0.147 e. The minimum atomic E-state index is 0.457. The molecule has 1 aromatic rings. The van der Waals surface area contributed by atoms with E-state index in [0.29, 0.717) is 12.0 Å². The Morgan fingerprint density at radius 1 is 1.29 bits per heavy atom. The Bertz CT molecular complexity index is 338. The lowest BCUT2D eigenvalue weighted by molar-refractivity contribution is 0.501. The summed E-state index contributed by atoms with van der Waals surface area (Å²) in [4.78, 5) is 11.1. The average molecular weight is 236 g/mol. The van der Waals surface area contributed by atoms with Crippen molar-refractivity contribution in [3.63, 3.8) is 0 Å². The molecule has 1 unspecified atom stereocenters. The predicted octanol–water partition coefficient (Wildman–Crippen LogP) is 2.07. The summed E-state index contributed by atoms with van der Waals surface area (Å²) >= 11 is 0. The van der Waals surface area contributed by atoms with Gasteiger partial charge in [0.1, 0.15) is 5.82 Å². The standard InChI is InChI=1S/C13H24N4/c1-6-14-7-12-8-15-9-13(16-12)17(5)11(4)10(2)3/h8-11,14H,6-7H2,1-5H3. The first kappa shape index (κ1) is 13.9. The van der Waals surface area contributed by atoms with Crippen LogP contribution in [-0.4, -0.2) is 29.6 Å². The molecule has 0 radical (unpaired) electrons. The van der Waals surface area contributed by atoms with E-state index in [2.05, 4.69) is 54.9 Å². The van der Waals surface area contributed by atoms with Crippen molar-refractivity contribution in [3.8, 4) is 0 Å². The minimum Gasteiger partial charge on any atom is -0.355 e. The molecule has 0 aromatic carbocycles. The number of rotatable bonds is 6. The number of hydrogen-bond donors (Lipinski definition) is 1. The highest BCUT2D eigenvalue weighted by atomic mass is 15.2. The summed E-state index contributed by atoms with van der Waals surface area (Å²) in [6.07, 6.45) is 3.65. The van der Waals surface area contributed by atoms with Gasteiger partial charge in [0.15, 0.2) is 0 Å². The number of anilines is 1. The molecule has 0 saturated carbocycles. The Balaban J connectivity index is 2.76. The number of hydrogen-bond acceptors (Lipinski definition) is 4. The third kappa shape index (κ3) is 3.97. The van der Waals surface area contributed by atoms with Gasteiger partial charge in [-0.3, -0.25) is 4.98 Å². The van der Waals surface area contributed by atoms with Crippen molar-refractivity contribution < 1.29 is 0 Å². The maximum atomic E-state index is 4.61. The van der Waals surface area contributed by atoms with Gasteiger partial charge in [-0.25, -0.2) is 4.98 Å². The van der Waals surface area contributed by atoms with E-state index in [1.807, 2.05) is 12.4 Å². The van der Waals surface area contributed by atoms with E-state index in [1.165, 1.54) is 0 Å². The van der Waals surface area contributed by atoms with Crippen molar-refractivity contribution in [3.05, 3.63) is 18.1 Å². The van der Waals surface area contributed by atoms with Gasteiger partial charge in [-0.1, -0.05) is 20.8 Å². The molecule has 0 aliphatic carbocycles. The highest BCUT2D eigenvalue weighted by Crippen LogP contribution is 2.15. The van der Waals surface area contributed by atoms with Gasteiger partial charge in [-0.15, -0.1) is 0 Å². The summed E-state index contributed by atoms with van der Waals surface area (Å²) in [6, 6.07) is 0.457. The van der Waals surface area contributed by atoms with Crippen LogP contribution in [0.1, 0.15) is 33.4 Å². The van der Waals surface area contributed by atoms with Crippen LogP contribution in [0.3, 0.4) is 0 Å². The van der Waals surface area contributed by atoms with Crippen LogP contribution in [0, 0.1) is 5.92 Å². The topological polar surface area (TPSA) is 41.1 Å². The molecular weight excluding hydrogens is 212 g/mol. The van der Waals surface area contributed by atoms with Gasteiger partial charge in [-0.05, 0) is 19.4 Å². The third-order valence-electron chi connectivity index (χ3n) is 3.16. The van der Waals surface area contributed by atoms with E-state index in [9.17, 15) is 0 Å². The molecule has 0 spiro atoms. The first-order valence-electron chi connectivity index (χ1n) is 6.30. The fourth-order valence-electron chi connectivity index (χ4n) is 1.56. The van der Waals surface area contributed by atoms with Gasteiger partial charge in [0.05, 0.1) is 11.9 Å². The number of nitrogens with one attached hydrogen (secondary N) is 1. The van der Waals surface area contributed by atoms with E-state index in [1.54, 1.807) is 0 Å². The molecule has 0 aliphatic heterocycles. The predicted molar refractivity (Wildman–Crippen MR) is 72.1 cm³/mol. The zero-order chi connectivity index (χ0) is 12.8. The fraction of sp³-hybridized carbons (Fsp3) is 0.692. The quantitative estimate of drug-likeness (QED) is 0.821. The van der Waals surface area contributed by atoms with E-state index in [4.69, 9.17) is 0 Å². The Morgan fingerprint density at radius 3 is 2.59 bits per heavy atom. The highest BCUT2D eigenvalue weighted by Gasteiger charge is 2.15. The van der Waals surface area contributed by atoms with E-state index in [0.717, 1.165) is 24.6 Å². The summed E-state index contributed by atoms with van der Waals surface area (Å²) < 4.78 is 0. The second-order valence-electron chi connectivity index (χ2n) is 4.74. The number of aromatic nitrogens is 2. The van der Waals surface area contributed by atoms with Crippen LogP contribution in [0.2, 0.25) is 0 Å². The van der Waals surface area contributed by atoms with Gasteiger partial charge >= 0.3 is 0 Å². The first-order chi connectivity index (χ1) is 8.06. The van der Waals surface area contributed by atoms with Crippen LogP contribution >= 0.6 is 0 Å². The van der Waals surface area contributed by atoms with Crippen LogP contribution in [0.25, 0.3) is 0 Å². The second kappa shape index (κ2) is 6.55. The van der Waals surface area contributed by atoms with Crippen LogP contribution < -0.4 is 10.2 Å². The zero-order valence-corrected chi connectivity index (χ0v) is 11.6. The van der Waals surface area contributed by atoms with Crippen LogP contribution in [0.15, 0.2) is 12.4 Å². The zero-order valence-electron chi connectivity index (χ0n) is 11.6. The van der Waals surface area contributed by atoms with Crippen molar-refractivity contribution in [2.75, 3.05) is 18.5 Å². The molecule has 4 heteroatoms. The molecule has 4 nitrogen and oxygen atoms in total. The van der Waals surface area contributed by atoms with Crippen molar-refractivity contribution in [1.29, 1.82) is 0 Å². The molecule has 1 N–H and O–H groups in total. The molecule has 0 saturated heterocycles. The van der Waals surface area contributed by atoms with Crippen LogP contribution in [0.5, 0.6) is 0 Å². The van der Waals surface area contributed by atoms with Gasteiger partial charge in [0.25, 0.3) is 0 Å². The van der Waals surface area contributed by atoms with Crippen molar-refractivity contribution in [2.45, 2.75) is 40.3 Å². The largest absolute Gasteiger partial charge is 0.355 e. The molecule has 17 heavy (non-hydrogen) atoms. The lowest BCUT2D eigenvalue weighted by Crippen LogP contribution is -2.34. The average Bonchev–Trinajstić information content (AvgIpc) is 2.34. The maximum absolute atomic E-state index is 4.61. The normalized spacial score (nSPS) is 12.8. The monoisotopic (exact) mass is 236 g/mol. The summed E-state index contributed by atoms with van der Waals surface area (Å²) in [6.45, 7) is 10.5. The van der Waals surface area contributed by atoms with Gasteiger partial charge < -0.3 is 10.2 Å². The SMILES string of the molecule is CCNCc1cncc(N(C)C(C)C(C)C)n1. The van der Waals surface area contributed by atoms with E-state index >= 15 is 0 Å². The van der Waals surface area contributed by atoms with Crippen molar-refractivity contribution in [2.24, 2.45) is 5.92 Å². The van der Waals surface area contributed by atoms with Crippen LogP contribution in [-0.2, 0) is 6.54 Å². The Labute approximate surface area is 104 Å². The molecule has 0 bridgehead atoms. The smallest absolute Gasteiger partial charge is 0.147 e. The summed E-state index contributed by atoms with van der Waals surface area (Å²) in [5.74, 6) is 1.54. The molecule has 96 valence electrons. The Hall–Kier alpha value is -1.16. The Morgan fingerprint density at radius 2 is 2.00 bits per heavy atom. The molecule has 0 aliphatic rings. The lowest BCUT2D eigenvalue weighted by atomic mass is 10.1. The van der Waals surface area contributed by atoms with Gasteiger partial charge in [0, 0.05) is 25.8 Å². The molecule has 1 atom stereocenters. The highest BCUT2D eigenvalue weighted by molar-refractivity contribution is 5.36. The van der Waals surface area contributed by atoms with Gasteiger partial charge in [-0.2, -0.15) is 0 Å². The minimum absolute atomic E-state index is 0.457. The summed E-state index contributed by atoms with van der Waals surface area (Å²) in [5, 5.41) is 3.26. The third-order valence-corrected chi connectivity index (χ3v) is 3.16. The Kier molecular flexibility index (Phi) is 5.35. The first-order valence-corrected chi connectivity index (χ1v) is 6.30. The van der Waals surface area contributed by atoms with Crippen molar-refractivity contribution in [1.82, 2.24) is 15.3 Å². The summed E-state index contributed by atoms with van der Waals surface area (Å²) in [5.41, 5.74) is 0.993. The number of nitrogens with zero attached hydrogens (tertiary/aromatic N) is 3. The molecule has 1 heterocycles. The molecule has 0 amide bonds. The molecular formula is C13H24N4. The second-order valence-corrected chi connectivity index (χ2v) is 4.74. The molecule has 0 fully saturated rings. The van der Waals surface area contributed by atoms with E-state index in [-0.39, 0.29) is 0 Å².